The zero-order valence-electron chi connectivity index (χ0n) is 10.4. The molecule has 2 atom stereocenters. The lowest BCUT2D eigenvalue weighted by molar-refractivity contribution is 0.194. The zero-order chi connectivity index (χ0) is 12.3. The molecule has 1 aromatic rings. The van der Waals surface area contributed by atoms with Gasteiger partial charge in [-0.2, -0.15) is 0 Å². The molecule has 0 bridgehead atoms. The van der Waals surface area contributed by atoms with E-state index in [1.54, 1.807) is 0 Å². The predicted molar refractivity (Wildman–Crippen MR) is 68.3 cm³/mol. The van der Waals surface area contributed by atoms with Crippen molar-refractivity contribution in [2.45, 2.75) is 38.3 Å². The normalized spacial score (nSPS) is 22.9. The molecule has 3 heteroatoms. The summed E-state index contributed by atoms with van der Waals surface area (Å²) in [6.07, 6.45) is 3.43. The highest BCUT2D eigenvalue weighted by Crippen LogP contribution is 2.21. The Balaban J connectivity index is 1.96. The fourth-order valence-corrected chi connectivity index (χ4v) is 2.77. The van der Waals surface area contributed by atoms with Crippen molar-refractivity contribution in [1.82, 2.24) is 4.90 Å². The summed E-state index contributed by atoms with van der Waals surface area (Å²) in [6.45, 7) is 4.12. The highest BCUT2D eigenvalue weighted by molar-refractivity contribution is 5.17. The zero-order valence-corrected chi connectivity index (χ0v) is 10.4. The number of likely N-dealkylation sites (tertiary alicyclic amines) is 1. The highest BCUT2D eigenvalue weighted by Gasteiger charge is 2.27. The molecule has 2 rings (SSSR count). The molecule has 1 aliphatic heterocycles. The summed E-state index contributed by atoms with van der Waals surface area (Å²) in [5.41, 5.74) is 6.98. The first-order chi connectivity index (χ1) is 8.20. The van der Waals surface area contributed by atoms with Gasteiger partial charge >= 0.3 is 0 Å². The highest BCUT2D eigenvalue weighted by atomic mass is 19.1. The molecule has 0 spiro atoms. The first-order valence-electron chi connectivity index (χ1n) is 6.41. The lowest BCUT2D eigenvalue weighted by Crippen LogP contribution is -2.42. The minimum Gasteiger partial charge on any atom is -0.329 e. The summed E-state index contributed by atoms with van der Waals surface area (Å²) in [6, 6.07) is 7.83. The van der Waals surface area contributed by atoms with Gasteiger partial charge in [0.1, 0.15) is 5.82 Å². The maximum absolute atomic E-state index is 12.8. The largest absolute Gasteiger partial charge is 0.329 e. The molecule has 1 aromatic carbocycles. The molecule has 1 aliphatic rings. The van der Waals surface area contributed by atoms with E-state index < -0.39 is 0 Å². The minimum atomic E-state index is -0.164. The maximum Gasteiger partial charge on any atom is 0.123 e. The van der Waals surface area contributed by atoms with Gasteiger partial charge in [0.05, 0.1) is 0 Å². The van der Waals surface area contributed by atoms with Crippen LogP contribution in [-0.2, 0) is 6.42 Å². The summed E-state index contributed by atoms with van der Waals surface area (Å²) in [5, 5.41) is 0. The van der Waals surface area contributed by atoms with Crippen molar-refractivity contribution in [3.8, 4) is 0 Å². The Kier molecular flexibility index (Phi) is 4.13. The van der Waals surface area contributed by atoms with Crippen LogP contribution in [0.2, 0.25) is 0 Å². The van der Waals surface area contributed by atoms with Crippen molar-refractivity contribution in [1.29, 1.82) is 0 Å². The molecule has 0 amide bonds. The SMILES string of the molecule is C[C@@H](Cc1ccc(F)cc1)N1CCC[C@@H]1CN. The minimum absolute atomic E-state index is 0.164. The molecular weight excluding hydrogens is 215 g/mol. The van der Waals surface area contributed by atoms with Gasteiger partial charge in [-0.05, 0) is 50.4 Å². The van der Waals surface area contributed by atoms with E-state index in [2.05, 4.69) is 11.8 Å². The van der Waals surface area contributed by atoms with Crippen LogP contribution < -0.4 is 5.73 Å². The Hall–Kier alpha value is -0.930. The standard InChI is InChI=1S/C14H21FN2/c1-11(17-8-2-3-14(17)10-16)9-12-4-6-13(15)7-5-12/h4-7,11,14H,2-3,8-10,16H2,1H3/t11-,14+/m0/s1. The van der Waals surface area contributed by atoms with E-state index in [0.29, 0.717) is 12.1 Å². The Morgan fingerprint density at radius 3 is 2.76 bits per heavy atom. The Labute approximate surface area is 103 Å². The second kappa shape index (κ2) is 5.61. The molecule has 2 N–H and O–H groups in total. The second-order valence-corrected chi connectivity index (χ2v) is 4.95. The van der Waals surface area contributed by atoms with Gasteiger partial charge in [0.25, 0.3) is 0 Å². The third kappa shape index (κ3) is 3.05. The van der Waals surface area contributed by atoms with Gasteiger partial charge in [0.2, 0.25) is 0 Å². The molecule has 0 radical (unpaired) electrons. The van der Waals surface area contributed by atoms with Gasteiger partial charge in [-0.3, -0.25) is 4.90 Å². The molecule has 94 valence electrons. The van der Waals surface area contributed by atoms with Gasteiger partial charge in [-0.25, -0.2) is 4.39 Å². The number of nitrogens with zero attached hydrogens (tertiary/aromatic N) is 1. The maximum atomic E-state index is 12.8. The number of halogens is 1. The van der Waals surface area contributed by atoms with Crippen LogP contribution in [0.5, 0.6) is 0 Å². The Morgan fingerprint density at radius 2 is 2.12 bits per heavy atom. The van der Waals surface area contributed by atoms with E-state index in [1.165, 1.54) is 30.5 Å². The Bertz CT molecular complexity index is 350. The first kappa shape index (κ1) is 12.5. The van der Waals surface area contributed by atoms with Crippen LogP contribution >= 0.6 is 0 Å². The van der Waals surface area contributed by atoms with E-state index in [1.807, 2.05) is 12.1 Å². The fraction of sp³-hybridized carbons (Fsp3) is 0.571. The summed E-state index contributed by atoms with van der Waals surface area (Å²) in [5.74, 6) is -0.164. The smallest absolute Gasteiger partial charge is 0.123 e. The number of hydrogen-bond acceptors (Lipinski definition) is 2. The van der Waals surface area contributed by atoms with Crippen molar-refractivity contribution >= 4 is 0 Å². The van der Waals surface area contributed by atoms with Crippen LogP contribution in [0.4, 0.5) is 4.39 Å². The van der Waals surface area contributed by atoms with Crippen LogP contribution in [-0.4, -0.2) is 30.1 Å². The van der Waals surface area contributed by atoms with Crippen molar-refractivity contribution in [2.24, 2.45) is 5.73 Å². The van der Waals surface area contributed by atoms with Crippen LogP contribution in [0.3, 0.4) is 0 Å². The molecule has 1 heterocycles. The quantitative estimate of drug-likeness (QED) is 0.868. The van der Waals surface area contributed by atoms with Crippen LogP contribution in [0, 0.1) is 5.82 Å². The number of nitrogens with two attached hydrogens (primary N) is 1. The third-order valence-electron chi connectivity index (χ3n) is 3.71. The molecule has 1 fully saturated rings. The van der Waals surface area contributed by atoms with Gasteiger partial charge in [0.15, 0.2) is 0 Å². The van der Waals surface area contributed by atoms with Crippen molar-refractivity contribution in [3.63, 3.8) is 0 Å². The van der Waals surface area contributed by atoms with E-state index in [4.69, 9.17) is 5.73 Å². The lowest BCUT2D eigenvalue weighted by Gasteiger charge is -2.30. The number of benzene rings is 1. The molecule has 2 nitrogen and oxygen atoms in total. The molecule has 0 unspecified atom stereocenters. The number of rotatable bonds is 4. The van der Waals surface area contributed by atoms with Gasteiger partial charge in [-0.1, -0.05) is 12.1 Å². The average molecular weight is 236 g/mol. The van der Waals surface area contributed by atoms with Crippen molar-refractivity contribution in [3.05, 3.63) is 35.6 Å². The molecule has 0 aromatic heterocycles. The van der Waals surface area contributed by atoms with Crippen molar-refractivity contribution < 1.29 is 4.39 Å². The van der Waals surface area contributed by atoms with Crippen LogP contribution in [0.25, 0.3) is 0 Å². The monoisotopic (exact) mass is 236 g/mol. The third-order valence-corrected chi connectivity index (χ3v) is 3.71. The van der Waals surface area contributed by atoms with E-state index >= 15 is 0 Å². The summed E-state index contributed by atoms with van der Waals surface area (Å²) < 4.78 is 12.8. The molecule has 1 saturated heterocycles. The van der Waals surface area contributed by atoms with E-state index in [9.17, 15) is 4.39 Å². The first-order valence-corrected chi connectivity index (χ1v) is 6.41. The average Bonchev–Trinajstić information content (AvgIpc) is 2.80. The van der Waals surface area contributed by atoms with Crippen LogP contribution in [0.15, 0.2) is 24.3 Å². The second-order valence-electron chi connectivity index (χ2n) is 4.95. The number of hydrogen-bond donors (Lipinski definition) is 1. The van der Waals surface area contributed by atoms with E-state index in [-0.39, 0.29) is 5.82 Å². The topological polar surface area (TPSA) is 29.3 Å². The Morgan fingerprint density at radius 1 is 1.41 bits per heavy atom. The van der Waals surface area contributed by atoms with Gasteiger partial charge < -0.3 is 5.73 Å². The van der Waals surface area contributed by atoms with Gasteiger partial charge in [-0.15, -0.1) is 0 Å². The molecule has 0 aliphatic carbocycles. The van der Waals surface area contributed by atoms with Crippen molar-refractivity contribution in [2.75, 3.05) is 13.1 Å². The fourth-order valence-electron chi connectivity index (χ4n) is 2.77. The van der Waals surface area contributed by atoms with Crippen LogP contribution in [0.1, 0.15) is 25.3 Å². The predicted octanol–water partition coefficient (Wildman–Crippen LogP) is 2.18. The molecule has 17 heavy (non-hydrogen) atoms. The lowest BCUT2D eigenvalue weighted by atomic mass is 10.1. The molecular formula is C14H21FN2. The molecule has 0 saturated carbocycles. The summed E-state index contributed by atoms with van der Waals surface area (Å²) >= 11 is 0. The summed E-state index contributed by atoms with van der Waals surface area (Å²) in [7, 11) is 0. The summed E-state index contributed by atoms with van der Waals surface area (Å²) in [4.78, 5) is 2.49. The van der Waals surface area contributed by atoms with Gasteiger partial charge in [0, 0.05) is 18.6 Å². The van der Waals surface area contributed by atoms with E-state index in [0.717, 1.165) is 19.5 Å².